The van der Waals surface area contributed by atoms with Gasteiger partial charge in [-0.25, -0.2) is 4.98 Å². The molecule has 1 aliphatic rings. The van der Waals surface area contributed by atoms with Crippen LogP contribution < -0.4 is 11.1 Å². The van der Waals surface area contributed by atoms with Crippen LogP contribution in [0.4, 0.5) is 19.0 Å². The van der Waals surface area contributed by atoms with E-state index >= 15 is 0 Å². The number of thioether (sulfide) groups is 1. The average molecular weight is 319 g/mol. The molecular formula is C13H16F3N3OS. The molecule has 1 atom stereocenters. The van der Waals surface area contributed by atoms with Gasteiger partial charge in [-0.05, 0) is 37.7 Å². The third kappa shape index (κ3) is 3.81. The van der Waals surface area contributed by atoms with E-state index in [0.717, 1.165) is 30.7 Å². The number of hydrogen-bond acceptors (Lipinski definition) is 4. The number of halogens is 3. The summed E-state index contributed by atoms with van der Waals surface area (Å²) in [4.78, 5) is 14.8. The van der Waals surface area contributed by atoms with Gasteiger partial charge in [-0.15, -0.1) is 0 Å². The number of carbonyl (C=O) groups is 1. The summed E-state index contributed by atoms with van der Waals surface area (Å²) in [5, 5.41) is 2.86. The Morgan fingerprint density at radius 3 is 2.76 bits per heavy atom. The molecular weight excluding hydrogens is 303 g/mol. The largest absolute Gasteiger partial charge is 0.433 e. The van der Waals surface area contributed by atoms with Crippen LogP contribution in [0.15, 0.2) is 12.1 Å². The normalized spacial score (nSPS) is 22.3. The maximum atomic E-state index is 12.7. The van der Waals surface area contributed by atoms with Gasteiger partial charge in [0.2, 0.25) is 0 Å². The number of amides is 1. The number of rotatable bonds is 4. The van der Waals surface area contributed by atoms with Gasteiger partial charge in [0.15, 0.2) is 0 Å². The van der Waals surface area contributed by atoms with Crippen molar-refractivity contribution >= 4 is 23.5 Å². The molecule has 0 aliphatic carbocycles. The number of nitrogens with two attached hydrogens (primary N) is 1. The minimum Gasteiger partial charge on any atom is -0.368 e. The second-order valence-corrected chi connectivity index (χ2v) is 6.89. The summed E-state index contributed by atoms with van der Waals surface area (Å²) < 4.78 is 38.1. The van der Waals surface area contributed by atoms with Gasteiger partial charge in [-0.1, -0.05) is 0 Å². The molecule has 0 aromatic carbocycles. The molecule has 21 heavy (non-hydrogen) atoms. The molecule has 1 saturated heterocycles. The van der Waals surface area contributed by atoms with Crippen molar-refractivity contribution in [1.29, 1.82) is 0 Å². The van der Waals surface area contributed by atoms with Crippen LogP contribution in [0.2, 0.25) is 0 Å². The molecule has 1 aromatic heterocycles. The van der Waals surface area contributed by atoms with E-state index in [-0.39, 0.29) is 16.1 Å². The zero-order valence-corrected chi connectivity index (χ0v) is 12.3. The van der Waals surface area contributed by atoms with Gasteiger partial charge in [-0.3, -0.25) is 4.79 Å². The van der Waals surface area contributed by atoms with Crippen LogP contribution in [0.5, 0.6) is 0 Å². The summed E-state index contributed by atoms with van der Waals surface area (Å²) in [6, 6.07) is 1.82. The third-order valence-corrected chi connectivity index (χ3v) is 4.92. The molecule has 1 amide bonds. The molecule has 116 valence electrons. The van der Waals surface area contributed by atoms with Gasteiger partial charge in [0.05, 0.1) is 5.56 Å². The Labute approximate surface area is 124 Å². The Bertz CT molecular complexity index is 542. The zero-order chi connectivity index (χ0) is 15.7. The Morgan fingerprint density at radius 1 is 1.52 bits per heavy atom. The highest BCUT2D eigenvalue weighted by molar-refractivity contribution is 8.00. The summed E-state index contributed by atoms with van der Waals surface area (Å²) in [6.07, 6.45) is -2.52. The average Bonchev–Trinajstić information content (AvgIpc) is 2.82. The highest BCUT2D eigenvalue weighted by Crippen LogP contribution is 2.38. The number of primary amides is 1. The lowest BCUT2D eigenvalue weighted by molar-refractivity contribution is -0.141. The van der Waals surface area contributed by atoms with E-state index in [4.69, 9.17) is 5.73 Å². The topological polar surface area (TPSA) is 68.0 Å². The first-order chi connectivity index (χ1) is 9.71. The Balaban J connectivity index is 2.24. The van der Waals surface area contributed by atoms with Crippen molar-refractivity contribution in [2.45, 2.75) is 30.7 Å². The van der Waals surface area contributed by atoms with Crippen molar-refractivity contribution in [2.75, 3.05) is 17.6 Å². The molecule has 0 bridgehead atoms. The first-order valence-corrected chi connectivity index (χ1v) is 7.46. The minimum absolute atomic E-state index is 0.0328. The van der Waals surface area contributed by atoms with Crippen LogP contribution in [-0.2, 0) is 6.18 Å². The van der Waals surface area contributed by atoms with Crippen molar-refractivity contribution in [2.24, 2.45) is 5.73 Å². The van der Waals surface area contributed by atoms with Crippen LogP contribution in [0.3, 0.4) is 0 Å². The molecule has 0 saturated carbocycles. The molecule has 0 spiro atoms. The Morgan fingerprint density at radius 2 is 2.24 bits per heavy atom. The van der Waals surface area contributed by atoms with Gasteiger partial charge < -0.3 is 11.1 Å². The second kappa shape index (κ2) is 5.75. The zero-order valence-electron chi connectivity index (χ0n) is 11.5. The number of aromatic nitrogens is 1. The van der Waals surface area contributed by atoms with Crippen molar-refractivity contribution < 1.29 is 18.0 Å². The predicted octanol–water partition coefficient (Wildman–Crippen LogP) is 2.90. The second-order valence-electron chi connectivity index (χ2n) is 5.21. The summed E-state index contributed by atoms with van der Waals surface area (Å²) in [7, 11) is 0. The standard InChI is InChI=1S/C13H16F3N3OS/c1-12(5-2-6-21-12)7-18-11-8(10(17)20)3-4-9(19-11)13(14,15)16/h3-4H,2,5-7H2,1H3,(H2,17,20)(H,18,19). The highest BCUT2D eigenvalue weighted by Gasteiger charge is 2.34. The van der Waals surface area contributed by atoms with Gasteiger partial charge in [-0.2, -0.15) is 24.9 Å². The third-order valence-electron chi connectivity index (χ3n) is 3.38. The highest BCUT2D eigenvalue weighted by atomic mass is 32.2. The molecule has 2 heterocycles. The number of alkyl halides is 3. The Hall–Kier alpha value is -1.44. The van der Waals surface area contributed by atoms with E-state index < -0.39 is 17.8 Å². The van der Waals surface area contributed by atoms with E-state index in [1.54, 1.807) is 11.8 Å². The number of nitrogens with one attached hydrogen (secondary N) is 1. The van der Waals surface area contributed by atoms with Gasteiger partial charge >= 0.3 is 6.18 Å². The SMILES string of the molecule is CC1(CNc2nc(C(F)(F)F)ccc2C(N)=O)CCCS1. The quantitative estimate of drug-likeness (QED) is 0.895. The van der Waals surface area contributed by atoms with Crippen LogP contribution in [-0.4, -0.2) is 27.9 Å². The summed E-state index contributed by atoms with van der Waals surface area (Å²) >= 11 is 1.76. The van der Waals surface area contributed by atoms with Gasteiger partial charge in [0.1, 0.15) is 11.5 Å². The fourth-order valence-electron chi connectivity index (χ4n) is 2.20. The van der Waals surface area contributed by atoms with Crippen LogP contribution >= 0.6 is 11.8 Å². The molecule has 2 rings (SSSR count). The van der Waals surface area contributed by atoms with Gasteiger partial charge in [0, 0.05) is 11.3 Å². The predicted molar refractivity (Wildman–Crippen MR) is 76.3 cm³/mol. The number of nitrogens with zero attached hydrogens (tertiary/aromatic N) is 1. The molecule has 3 N–H and O–H groups in total. The monoisotopic (exact) mass is 319 g/mol. The summed E-state index contributed by atoms with van der Waals surface area (Å²) in [5.41, 5.74) is 4.11. The molecule has 0 radical (unpaired) electrons. The molecule has 1 unspecified atom stereocenters. The first kappa shape index (κ1) is 15.9. The summed E-state index contributed by atoms with van der Waals surface area (Å²) in [5.74, 6) is 0.116. The van der Waals surface area contributed by atoms with E-state index in [1.165, 1.54) is 0 Å². The van der Waals surface area contributed by atoms with Crippen LogP contribution in [0.1, 0.15) is 35.8 Å². The van der Waals surface area contributed by atoms with Crippen LogP contribution in [0, 0.1) is 0 Å². The fraction of sp³-hybridized carbons (Fsp3) is 0.538. The van der Waals surface area contributed by atoms with E-state index in [1.807, 2.05) is 6.92 Å². The maximum Gasteiger partial charge on any atom is 0.433 e. The molecule has 1 aliphatic heterocycles. The van der Waals surface area contributed by atoms with Crippen molar-refractivity contribution in [1.82, 2.24) is 4.98 Å². The minimum atomic E-state index is -4.56. The smallest absolute Gasteiger partial charge is 0.368 e. The van der Waals surface area contributed by atoms with E-state index in [0.29, 0.717) is 6.54 Å². The first-order valence-electron chi connectivity index (χ1n) is 6.47. The van der Waals surface area contributed by atoms with Crippen molar-refractivity contribution in [3.8, 4) is 0 Å². The number of hydrogen-bond donors (Lipinski definition) is 2. The lowest BCUT2D eigenvalue weighted by Gasteiger charge is -2.24. The van der Waals surface area contributed by atoms with E-state index in [2.05, 4.69) is 10.3 Å². The lowest BCUT2D eigenvalue weighted by Crippen LogP contribution is -2.29. The maximum absolute atomic E-state index is 12.7. The fourth-order valence-corrected chi connectivity index (χ4v) is 3.44. The van der Waals surface area contributed by atoms with Crippen molar-refractivity contribution in [3.05, 3.63) is 23.4 Å². The summed E-state index contributed by atoms with van der Waals surface area (Å²) in [6.45, 7) is 2.47. The molecule has 1 aromatic rings. The molecule has 4 nitrogen and oxygen atoms in total. The van der Waals surface area contributed by atoms with Crippen LogP contribution in [0.25, 0.3) is 0 Å². The molecule has 1 fully saturated rings. The number of anilines is 1. The molecule has 8 heteroatoms. The number of carbonyl (C=O) groups excluding carboxylic acids is 1. The van der Waals surface area contributed by atoms with E-state index in [9.17, 15) is 18.0 Å². The van der Waals surface area contributed by atoms with Crippen molar-refractivity contribution in [3.63, 3.8) is 0 Å². The Kier molecular flexibility index (Phi) is 4.36. The van der Waals surface area contributed by atoms with Gasteiger partial charge in [0.25, 0.3) is 5.91 Å². The number of pyridine rings is 1. The lowest BCUT2D eigenvalue weighted by atomic mass is 10.1.